The fraction of sp³-hybridized carbons (Fsp3) is 0.500. The van der Waals surface area contributed by atoms with Crippen LogP contribution in [0.2, 0.25) is 0 Å². The molecule has 1 aromatic carbocycles. The van der Waals surface area contributed by atoms with Gasteiger partial charge in [-0.05, 0) is 18.6 Å². The van der Waals surface area contributed by atoms with Gasteiger partial charge in [-0.2, -0.15) is 0 Å². The van der Waals surface area contributed by atoms with Crippen molar-refractivity contribution >= 4 is 11.7 Å². The van der Waals surface area contributed by atoms with Crippen molar-refractivity contribution in [2.24, 2.45) is 5.92 Å². The van der Waals surface area contributed by atoms with Gasteiger partial charge in [-0.1, -0.05) is 19.9 Å². The molecule has 1 rings (SSSR count). The van der Waals surface area contributed by atoms with E-state index in [2.05, 4.69) is 11.8 Å². The summed E-state index contributed by atoms with van der Waals surface area (Å²) in [5, 5.41) is 9.00. The second kappa shape index (κ2) is 6.89. The molecule has 1 N–H and O–H groups in total. The molecule has 0 aliphatic carbocycles. The summed E-state index contributed by atoms with van der Waals surface area (Å²) < 4.78 is 5.19. The summed E-state index contributed by atoms with van der Waals surface area (Å²) in [5.74, 6) is -0.363. The van der Waals surface area contributed by atoms with E-state index in [4.69, 9.17) is 9.84 Å². The van der Waals surface area contributed by atoms with Gasteiger partial charge in [0.2, 0.25) is 0 Å². The van der Waals surface area contributed by atoms with E-state index in [1.54, 1.807) is 14.0 Å². The third-order valence-electron chi connectivity index (χ3n) is 2.83. The molecule has 0 aliphatic heterocycles. The zero-order chi connectivity index (χ0) is 13.5. The molecule has 100 valence electrons. The van der Waals surface area contributed by atoms with Crippen LogP contribution in [0.3, 0.4) is 0 Å². The maximum absolute atomic E-state index is 10.9. The van der Waals surface area contributed by atoms with E-state index in [0.717, 1.165) is 24.4 Å². The van der Waals surface area contributed by atoms with E-state index in [-0.39, 0.29) is 5.92 Å². The van der Waals surface area contributed by atoms with E-state index in [9.17, 15) is 4.79 Å². The van der Waals surface area contributed by atoms with Crippen molar-refractivity contribution in [3.8, 4) is 5.75 Å². The molecule has 0 bridgehead atoms. The summed E-state index contributed by atoms with van der Waals surface area (Å²) in [6.07, 6.45) is 0.976. The molecule has 4 heteroatoms. The van der Waals surface area contributed by atoms with Gasteiger partial charge in [-0.25, -0.2) is 0 Å². The average molecular weight is 251 g/mol. The first kappa shape index (κ1) is 14.4. The first-order valence-corrected chi connectivity index (χ1v) is 6.20. The van der Waals surface area contributed by atoms with Gasteiger partial charge in [0.05, 0.1) is 13.0 Å². The Morgan fingerprint density at radius 1 is 1.50 bits per heavy atom. The molecule has 1 unspecified atom stereocenters. The normalized spacial score (nSPS) is 11.9. The number of carboxylic acids is 1. The Hall–Kier alpha value is -1.71. The van der Waals surface area contributed by atoms with E-state index < -0.39 is 5.97 Å². The number of rotatable bonds is 7. The van der Waals surface area contributed by atoms with Gasteiger partial charge in [0.25, 0.3) is 0 Å². The van der Waals surface area contributed by atoms with Gasteiger partial charge in [0.1, 0.15) is 5.75 Å². The van der Waals surface area contributed by atoms with Gasteiger partial charge in [0, 0.05) is 24.8 Å². The van der Waals surface area contributed by atoms with Crippen molar-refractivity contribution in [2.45, 2.75) is 20.3 Å². The molecular weight excluding hydrogens is 230 g/mol. The molecule has 0 radical (unpaired) electrons. The molecule has 0 fully saturated rings. The van der Waals surface area contributed by atoms with Crippen LogP contribution >= 0.6 is 0 Å². The number of anilines is 1. The van der Waals surface area contributed by atoms with Gasteiger partial charge >= 0.3 is 5.97 Å². The van der Waals surface area contributed by atoms with Gasteiger partial charge < -0.3 is 14.7 Å². The van der Waals surface area contributed by atoms with Crippen LogP contribution in [0.1, 0.15) is 20.3 Å². The monoisotopic (exact) mass is 251 g/mol. The molecule has 1 atom stereocenters. The van der Waals surface area contributed by atoms with Crippen LogP contribution in [0.4, 0.5) is 5.69 Å². The lowest BCUT2D eigenvalue weighted by atomic mass is 10.1. The predicted octanol–water partition coefficient (Wildman–Crippen LogP) is 2.63. The number of benzene rings is 1. The largest absolute Gasteiger partial charge is 0.497 e. The van der Waals surface area contributed by atoms with Crippen molar-refractivity contribution in [1.29, 1.82) is 0 Å². The highest BCUT2D eigenvalue weighted by Gasteiger charge is 2.16. The van der Waals surface area contributed by atoms with Crippen LogP contribution in [-0.4, -0.2) is 31.3 Å². The molecule has 0 saturated heterocycles. The Morgan fingerprint density at radius 2 is 2.22 bits per heavy atom. The summed E-state index contributed by atoms with van der Waals surface area (Å²) in [4.78, 5) is 13.0. The first-order valence-electron chi connectivity index (χ1n) is 6.20. The average Bonchev–Trinajstić information content (AvgIpc) is 2.38. The summed E-state index contributed by atoms with van der Waals surface area (Å²) in [6.45, 7) is 5.16. The number of hydrogen-bond donors (Lipinski definition) is 1. The molecule has 0 aromatic heterocycles. The quantitative estimate of drug-likeness (QED) is 0.809. The maximum Gasteiger partial charge on any atom is 0.308 e. The van der Waals surface area contributed by atoms with Crippen molar-refractivity contribution in [1.82, 2.24) is 0 Å². The van der Waals surface area contributed by atoms with Crippen LogP contribution in [0.5, 0.6) is 5.75 Å². The van der Waals surface area contributed by atoms with Gasteiger partial charge in [0.15, 0.2) is 0 Å². The molecule has 0 spiro atoms. The molecule has 0 aliphatic rings. The fourth-order valence-electron chi connectivity index (χ4n) is 1.81. The van der Waals surface area contributed by atoms with Crippen molar-refractivity contribution in [2.75, 3.05) is 25.1 Å². The second-order valence-electron chi connectivity index (χ2n) is 4.39. The van der Waals surface area contributed by atoms with E-state index in [0.29, 0.717) is 6.54 Å². The van der Waals surface area contributed by atoms with Crippen molar-refractivity contribution in [3.63, 3.8) is 0 Å². The fourth-order valence-corrected chi connectivity index (χ4v) is 1.81. The Bertz CT molecular complexity index is 392. The summed E-state index contributed by atoms with van der Waals surface area (Å²) >= 11 is 0. The van der Waals surface area contributed by atoms with Crippen LogP contribution in [-0.2, 0) is 4.79 Å². The number of methoxy groups -OCH3 is 1. The lowest BCUT2D eigenvalue weighted by Crippen LogP contribution is -2.32. The Kier molecular flexibility index (Phi) is 5.49. The number of nitrogens with zero attached hydrogens (tertiary/aromatic N) is 1. The standard InChI is InChI=1S/C14H21NO3/c1-4-8-15(10-11(2)14(16)17)12-6-5-7-13(9-12)18-3/h5-7,9,11H,4,8,10H2,1-3H3,(H,16,17). The van der Waals surface area contributed by atoms with Crippen LogP contribution in [0.15, 0.2) is 24.3 Å². The van der Waals surface area contributed by atoms with Gasteiger partial charge in [-0.3, -0.25) is 4.79 Å². The molecule has 0 amide bonds. The summed E-state index contributed by atoms with van der Waals surface area (Å²) in [7, 11) is 1.63. The molecule has 0 heterocycles. The number of ether oxygens (including phenoxy) is 1. The predicted molar refractivity (Wildman–Crippen MR) is 72.3 cm³/mol. The van der Waals surface area contributed by atoms with E-state index in [1.165, 1.54) is 0 Å². The molecule has 18 heavy (non-hydrogen) atoms. The van der Waals surface area contributed by atoms with Crippen LogP contribution < -0.4 is 9.64 Å². The topological polar surface area (TPSA) is 49.8 Å². The van der Waals surface area contributed by atoms with E-state index >= 15 is 0 Å². The van der Waals surface area contributed by atoms with Gasteiger partial charge in [-0.15, -0.1) is 0 Å². The minimum atomic E-state index is -0.765. The molecular formula is C14H21NO3. The highest BCUT2D eigenvalue weighted by molar-refractivity contribution is 5.70. The minimum Gasteiger partial charge on any atom is -0.497 e. The minimum absolute atomic E-state index is 0.386. The smallest absolute Gasteiger partial charge is 0.308 e. The number of hydrogen-bond acceptors (Lipinski definition) is 3. The number of carboxylic acid groups (broad SMARTS) is 1. The lowest BCUT2D eigenvalue weighted by Gasteiger charge is -2.26. The van der Waals surface area contributed by atoms with Crippen LogP contribution in [0.25, 0.3) is 0 Å². The maximum atomic E-state index is 10.9. The lowest BCUT2D eigenvalue weighted by molar-refractivity contribution is -0.140. The van der Waals surface area contributed by atoms with Crippen molar-refractivity contribution < 1.29 is 14.6 Å². The molecule has 4 nitrogen and oxygen atoms in total. The number of carbonyl (C=O) groups is 1. The third kappa shape index (κ3) is 3.95. The van der Waals surface area contributed by atoms with E-state index in [1.807, 2.05) is 24.3 Å². The Labute approximate surface area is 108 Å². The zero-order valence-corrected chi connectivity index (χ0v) is 11.2. The first-order chi connectivity index (χ1) is 8.58. The number of aliphatic carboxylic acids is 1. The third-order valence-corrected chi connectivity index (χ3v) is 2.83. The Balaban J connectivity index is 2.85. The zero-order valence-electron chi connectivity index (χ0n) is 11.2. The molecule has 0 saturated carbocycles. The molecule has 1 aromatic rings. The SMILES string of the molecule is CCCN(CC(C)C(=O)O)c1cccc(OC)c1. The highest BCUT2D eigenvalue weighted by atomic mass is 16.5. The highest BCUT2D eigenvalue weighted by Crippen LogP contribution is 2.22. The van der Waals surface area contributed by atoms with Crippen molar-refractivity contribution in [3.05, 3.63) is 24.3 Å². The second-order valence-corrected chi connectivity index (χ2v) is 4.39. The Morgan fingerprint density at radius 3 is 2.78 bits per heavy atom. The van der Waals surface area contributed by atoms with Crippen LogP contribution in [0, 0.1) is 5.92 Å². The summed E-state index contributed by atoms with van der Waals surface area (Å²) in [5.41, 5.74) is 1.00. The summed E-state index contributed by atoms with van der Waals surface area (Å²) in [6, 6.07) is 7.72.